The summed E-state index contributed by atoms with van der Waals surface area (Å²) >= 11 is 0. The van der Waals surface area contributed by atoms with E-state index in [2.05, 4.69) is 20.7 Å². The number of aryl methyl sites for hydroxylation is 2. The Labute approximate surface area is 181 Å². The van der Waals surface area contributed by atoms with Gasteiger partial charge >= 0.3 is 0 Å². The second kappa shape index (κ2) is 8.22. The minimum Gasteiger partial charge on any atom is -0.348 e. The number of fused-ring (bicyclic) bond motifs is 1. The summed E-state index contributed by atoms with van der Waals surface area (Å²) < 4.78 is 1.72. The van der Waals surface area contributed by atoms with Gasteiger partial charge in [0.05, 0.1) is 11.7 Å². The maximum absolute atomic E-state index is 13.0. The first-order valence-corrected chi connectivity index (χ1v) is 10.3. The van der Waals surface area contributed by atoms with Crippen LogP contribution < -0.4 is 10.6 Å². The molecule has 0 radical (unpaired) electrons. The zero-order valence-corrected chi connectivity index (χ0v) is 18.1. The molecule has 0 bridgehead atoms. The van der Waals surface area contributed by atoms with E-state index >= 15 is 0 Å². The minimum absolute atomic E-state index is 0.146. The van der Waals surface area contributed by atoms with Crippen LogP contribution in [0.1, 0.15) is 47.2 Å². The molecule has 3 heterocycles. The fourth-order valence-electron chi connectivity index (χ4n) is 3.73. The van der Waals surface area contributed by atoms with Gasteiger partial charge in [-0.05, 0) is 32.4 Å². The fraction of sp³-hybridized carbons (Fsp3) is 0.304. The summed E-state index contributed by atoms with van der Waals surface area (Å²) in [6.07, 6.45) is 0. The van der Waals surface area contributed by atoms with Gasteiger partial charge in [-0.15, -0.1) is 0 Å². The molecule has 2 atom stereocenters. The quantitative estimate of drug-likeness (QED) is 0.642. The third kappa shape index (κ3) is 4.14. The molecule has 3 aromatic rings. The Morgan fingerprint density at radius 1 is 1.13 bits per heavy atom. The largest absolute Gasteiger partial charge is 0.348 e. The number of aromatic nitrogens is 3. The molecular weight excluding hydrogens is 392 g/mol. The van der Waals surface area contributed by atoms with Gasteiger partial charge in [-0.25, -0.2) is 4.98 Å². The third-order valence-corrected chi connectivity index (χ3v) is 5.55. The second-order valence-electron chi connectivity index (χ2n) is 7.87. The van der Waals surface area contributed by atoms with Crippen LogP contribution in [0.25, 0.3) is 0 Å². The molecule has 1 aromatic carbocycles. The highest BCUT2D eigenvalue weighted by Crippen LogP contribution is 2.26. The van der Waals surface area contributed by atoms with Crippen LogP contribution in [0.2, 0.25) is 0 Å². The van der Waals surface area contributed by atoms with Crippen molar-refractivity contribution in [1.29, 1.82) is 0 Å². The highest BCUT2D eigenvalue weighted by atomic mass is 16.2. The normalized spacial score (nSPS) is 14.8. The van der Waals surface area contributed by atoms with Crippen molar-refractivity contribution < 1.29 is 9.59 Å². The van der Waals surface area contributed by atoms with E-state index in [1.165, 1.54) is 0 Å². The number of rotatable bonds is 6. The van der Waals surface area contributed by atoms with Gasteiger partial charge in [0.2, 0.25) is 5.91 Å². The molecule has 0 saturated carbocycles. The maximum Gasteiger partial charge on any atom is 0.273 e. The lowest BCUT2D eigenvalue weighted by molar-refractivity contribution is -0.125. The van der Waals surface area contributed by atoms with Gasteiger partial charge < -0.3 is 15.5 Å². The first-order chi connectivity index (χ1) is 14.8. The number of nitrogens with zero attached hydrogens (tertiary/aromatic N) is 4. The van der Waals surface area contributed by atoms with Crippen molar-refractivity contribution in [1.82, 2.24) is 25.0 Å². The Morgan fingerprint density at radius 3 is 2.55 bits per heavy atom. The Bertz CT molecular complexity index is 1120. The van der Waals surface area contributed by atoms with E-state index in [1.807, 2.05) is 69.4 Å². The van der Waals surface area contributed by atoms with Gasteiger partial charge in [-0.3, -0.25) is 14.3 Å². The Kier molecular flexibility index (Phi) is 5.46. The van der Waals surface area contributed by atoms with E-state index in [9.17, 15) is 9.59 Å². The van der Waals surface area contributed by atoms with Crippen LogP contribution in [0.5, 0.6) is 0 Å². The molecule has 1 aliphatic heterocycles. The zero-order chi connectivity index (χ0) is 22.1. The second-order valence-corrected chi connectivity index (χ2v) is 7.87. The first-order valence-electron chi connectivity index (χ1n) is 10.3. The molecule has 1 aliphatic rings. The highest BCUT2D eigenvalue weighted by Gasteiger charge is 2.35. The molecule has 0 spiro atoms. The molecule has 2 N–H and O–H groups in total. The average molecular weight is 419 g/mol. The van der Waals surface area contributed by atoms with E-state index in [0.717, 1.165) is 22.6 Å². The molecule has 8 nitrogen and oxygen atoms in total. The van der Waals surface area contributed by atoms with Crippen molar-refractivity contribution in [3.63, 3.8) is 0 Å². The van der Waals surface area contributed by atoms with Crippen LogP contribution in [-0.4, -0.2) is 37.5 Å². The number of anilines is 2. The maximum atomic E-state index is 13.0. The van der Waals surface area contributed by atoms with Crippen LogP contribution in [0.4, 0.5) is 11.6 Å². The number of benzene rings is 1. The molecule has 0 aliphatic carbocycles. The van der Waals surface area contributed by atoms with E-state index in [1.54, 1.807) is 16.5 Å². The van der Waals surface area contributed by atoms with Crippen molar-refractivity contribution in [2.75, 3.05) is 5.32 Å². The van der Waals surface area contributed by atoms with Crippen molar-refractivity contribution in [3.05, 3.63) is 71.0 Å². The van der Waals surface area contributed by atoms with Crippen molar-refractivity contribution in [2.24, 2.45) is 7.05 Å². The summed E-state index contributed by atoms with van der Waals surface area (Å²) in [6.45, 7) is 5.95. The number of pyridine rings is 1. The number of carbonyl (C=O) groups excluding carboxylic acids is 2. The topological polar surface area (TPSA) is 92.1 Å². The van der Waals surface area contributed by atoms with Crippen molar-refractivity contribution >= 4 is 23.5 Å². The highest BCUT2D eigenvalue weighted by molar-refractivity contribution is 5.99. The van der Waals surface area contributed by atoms with Crippen LogP contribution in [0.15, 0.2) is 48.5 Å². The summed E-state index contributed by atoms with van der Waals surface area (Å²) in [5, 5.41) is 10.5. The number of hydrogen-bond donors (Lipinski definition) is 2. The van der Waals surface area contributed by atoms with Gasteiger partial charge in [0, 0.05) is 25.2 Å². The lowest BCUT2D eigenvalue weighted by atomic mass is 10.1. The van der Waals surface area contributed by atoms with Crippen molar-refractivity contribution in [2.45, 2.75) is 39.4 Å². The Hall–Kier alpha value is -3.68. The SMILES string of the molecule is Cc1cc(Nc2ccc3c(n2)C(=O)N([C@H](C)C(=O)N[C@H](C)c2ccccc2)C3)n(C)n1. The van der Waals surface area contributed by atoms with Gasteiger partial charge in [0.25, 0.3) is 5.91 Å². The summed E-state index contributed by atoms with van der Waals surface area (Å²) in [5.74, 6) is 0.915. The molecule has 4 rings (SSSR count). The third-order valence-electron chi connectivity index (χ3n) is 5.55. The zero-order valence-electron chi connectivity index (χ0n) is 18.1. The summed E-state index contributed by atoms with van der Waals surface area (Å²) in [7, 11) is 1.84. The molecule has 160 valence electrons. The fourth-order valence-corrected chi connectivity index (χ4v) is 3.73. The number of hydrogen-bond acceptors (Lipinski definition) is 5. The van der Waals surface area contributed by atoms with Crippen molar-refractivity contribution in [3.8, 4) is 0 Å². The standard InChI is InChI=1S/C23H26N6O2/c1-14-12-20(28(4)27-14)25-19-11-10-18-13-29(23(31)21(18)26-19)16(3)22(30)24-15(2)17-8-6-5-7-9-17/h5-12,15-16H,13H2,1-4H3,(H,24,30)(H,25,26)/t15-,16-/m1/s1. The van der Waals surface area contributed by atoms with E-state index < -0.39 is 6.04 Å². The van der Waals surface area contributed by atoms with E-state index in [0.29, 0.717) is 18.1 Å². The van der Waals surface area contributed by atoms with Gasteiger partial charge in [0.1, 0.15) is 23.4 Å². The average Bonchev–Trinajstić information content (AvgIpc) is 3.26. The Morgan fingerprint density at radius 2 is 1.87 bits per heavy atom. The van der Waals surface area contributed by atoms with Gasteiger partial charge in [-0.1, -0.05) is 36.4 Å². The molecule has 31 heavy (non-hydrogen) atoms. The predicted octanol–water partition coefficient (Wildman–Crippen LogP) is 3.09. The van der Waals surface area contributed by atoms with Crippen LogP contribution in [0.3, 0.4) is 0 Å². The van der Waals surface area contributed by atoms with Crippen LogP contribution in [-0.2, 0) is 18.4 Å². The van der Waals surface area contributed by atoms with Gasteiger partial charge in [0.15, 0.2) is 0 Å². The number of amides is 2. The lowest BCUT2D eigenvalue weighted by Gasteiger charge is -2.25. The van der Waals surface area contributed by atoms with E-state index in [-0.39, 0.29) is 17.9 Å². The van der Waals surface area contributed by atoms with Gasteiger partial charge in [-0.2, -0.15) is 5.10 Å². The molecule has 2 amide bonds. The smallest absolute Gasteiger partial charge is 0.273 e. The summed E-state index contributed by atoms with van der Waals surface area (Å²) in [5.41, 5.74) is 3.09. The summed E-state index contributed by atoms with van der Waals surface area (Å²) in [6, 6.07) is 14.6. The first kappa shape index (κ1) is 20.6. The van der Waals surface area contributed by atoms with Crippen LogP contribution in [0, 0.1) is 6.92 Å². The lowest BCUT2D eigenvalue weighted by Crippen LogP contribution is -2.45. The monoisotopic (exact) mass is 418 g/mol. The Balaban J connectivity index is 1.45. The van der Waals surface area contributed by atoms with E-state index in [4.69, 9.17) is 0 Å². The molecule has 0 saturated heterocycles. The molecule has 8 heteroatoms. The molecular formula is C23H26N6O2. The molecule has 0 fully saturated rings. The van der Waals surface area contributed by atoms with Crippen LogP contribution >= 0.6 is 0 Å². The summed E-state index contributed by atoms with van der Waals surface area (Å²) in [4.78, 5) is 31.9. The number of nitrogens with one attached hydrogen (secondary N) is 2. The number of carbonyl (C=O) groups is 2. The minimum atomic E-state index is -0.607. The molecule has 2 aromatic heterocycles. The molecule has 0 unspecified atom stereocenters. The predicted molar refractivity (Wildman–Crippen MR) is 118 cm³/mol.